The highest BCUT2D eigenvalue weighted by atomic mass is 16.5. The van der Waals surface area contributed by atoms with Crippen LogP contribution in [-0.4, -0.2) is 33.3 Å². The predicted octanol–water partition coefficient (Wildman–Crippen LogP) is 3.59. The number of aliphatic imine (C=N–C) groups is 1. The first-order chi connectivity index (χ1) is 14.2. The van der Waals surface area contributed by atoms with Crippen LogP contribution >= 0.6 is 0 Å². The SMILES string of the molecule is COc1ccc(CN=C(N)NCCCOC2CCCc3ccccc32)cc1OC. The average Bonchev–Trinajstić information content (AvgIpc) is 2.77. The van der Waals surface area contributed by atoms with Gasteiger partial charge in [0.2, 0.25) is 0 Å². The van der Waals surface area contributed by atoms with Crippen molar-refractivity contribution >= 4 is 5.96 Å². The fourth-order valence-corrected chi connectivity index (χ4v) is 3.61. The van der Waals surface area contributed by atoms with Crippen LogP contribution in [0.3, 0.4) is 0 Å². The quantitative estimate of drug-likeness (QED) is 0.384. The molecule has 1 aliphatic carbocycles. The number of benzene rings is 2. The van der Waals surface area contributed by atoms with E-state index in [1.54, 1.807) is 14.2 Å². The lowest BCUT2D eigenvalue weighted by atomic mass is 9.89. The molecule has 0 radical (unpaired) electrons. The largest absolute Gasteiger partial charge is 0.493 e. The molecule has 29 heavy (non-hydrogen) atoms. The van der Waals surface area contributed by atoms with E-state index in [0.717, 1.165) is 31.4 Å². The fraction of sp³-hybridized carbons (Fsp3) is 0.435. The number of fused-ring (bicyclic) bond motifs is 1. The Bertz CT molecular complexity index is 823. The zero-order valence-corrected chi connectivity index (χ0v) is 17.3. The van der Waals surface area contributed by atoms with E-state index in [2.05, 4.69) is 34.6 Å². The van der Waals surface area contributed by atoms with Crippen molar-refractivity contribution in [3.63, 3.8) is 0 Å². The maximum absolute atomic E-state index is 6.12. The molecular formula is C23H31N3O3. The molecule has 1 atom stereocenters. The number of methoxy groups -OCH3 is 2. The van der Waals surface area contributed by atoms with Gasteiger partial charge in [-0.1, -0.05) is 30.3 Å². The van der Waals surface area contributed by atoms with Gasteiger partial charge in [-0.15, -0.1) is 0 Å². The highest BCUT2D eigenvalue weighted by Gasteiger charge is 2.19. The molecule has 0 bridgehead atoms. The van der Waals surface area contributed by atoms with E-state index < -0.39 is 0 Å². The monoisotopic (exact) mass is 397 g/mol. The summed E-state index contributed by atoms with van der Waals surface area (Å²) in [4.78, 5) is 4.39. The van der Waals surface area contributed by atoms with E-state index in [1.165, 1.54) is 17.5 Å². The van der Waals surface area contributed by atoms with E-state index in [0.29, 0.717) is 30.6 Å². The smallest absolute Gasteiger partial charge is 0.188 e. The second-order valence-electron chi connectivity index (χ2n) is 7.12. The second-order valence-corrected chi connectivity index (χ2v) is 7.12. The Kier molecular flexibility index (Phi) is 7.76. The molecule has 6 heteroatoms. The van der Waals surface area contributed by atoms with Crippen LogP contribution in [0.5, 0.6) is 11.5 Å². The number of aryl methyl sites for hydroxylation is 1. The fourth-order valence-electron chi connectivity index (χ4n) is 3.61. The normalized spacial score (nSPS) is 16.2. The Morgan fingerprint density at radius 1 is 1.14 bits per heavy atom. The lowest BCUT2D eigenvalue weighted by Crippen LogP contribution is -2.33. The summed E-state index contributed by atoms with van der Waals surface area (Å²) in [5.74, 6) is 1.82. The zero-order chi connectivity index (χ0) is 20.5. The van der Waals surface area contributed by atoms with E-state index in [1.807, 2.05) is 18.2 Å². The number of rotatable bonds is 9. The molecule has 6 nitrogen and oxygen atoms in total. The van der Waals surface area contributed by atoms with Crippen LogP contribution in [0.25, 0.3) is 0 Å². The van der Waals surface area contributed by atoms with Gasteiger partial charge in [0.1, 0.15) is 0 Å². The molecule has 0 fully saturated rings. The number of nitrogens with zero attached hydrogens (tertiary/aromatic N) is 1. The van der Waals surface area contributed by atoms with Gasteiger partial charge < -0.3 is 25.3 Å². The van der Waals surface area contributed by atoms with Crippen molar-refractivity contribution < 1.29 is 14.2 Å². The van der Waals surface area contributed by atoms with Crippen molar-refractivity contribution in [1.29, 1.82) is 0 Å². The third-order valence-corrected chi connectivity index (χ3v) is 5.14. The molecule has 0 saturated carbocycles. The van der Waals surface area contributed by atoms with Crippen molar-refractivity contribution in [3.05, 3.63) is 59.2 Å². The molecule has 0 saturated heterocycles. The number of hydrogen-bond acceptors (Lipinski definition) is 4. The molecule has 3 N–H and O–H groups in total. The minimum atomic E-state index is 0.219. The average molecular weight is 398 g/mol. The first kappa shape index (κ1) is 21.0. The third kappa shape index (κ3) is 5.87. The van der Waals surface area contributed by atoms with Gasteiger partial charge in [-0.25, -0.2) is 4.99 Å². The Morgan fingerprint density at radius 3 is 2.79 bits per heavy atom. The predicted molar refractivity (Wildman–Crippen MR) is 116 cm³/mol. The number of hydrogen-bond donors (Lipinski definition) is 2. The summed E-state index contributed by atoms with van der Waals surface area (Å²) < 4.78 is 16.7. The summed E-state index contributed by atoms with van der Waals surface area (Å²) in [6.07, 6.45) is 4.54. The van der Waals surface area contributed by atoms with Crippen molar-refractivity contribution in [2.75, 3.05) is 27.4 Å². The van der Waals surface area contributed by atoms with Gasteiger partial charge in [0.15, 0.2) is 17.5 Å². The van der Waals surface area contributed by atoms with Gasteiger partial charge in [0.05, 0.1) is 26.9 Å². The van der Waals surface area contributed by atoms with Gasteiger partial charge in [-0.3, -0.25) is 0 Å². The second kappa shape index (κ2) is 10.7. The highest BCUT2D eigenvalue weighted by molar-refractivity contribution is 5.77. The van der Waals surface area contributed by atoms with Crippen LogP contribution in [0, 0.1) is 0 Å². The van der Waals surface area contributed by atoms with Crippen LogP contribution in [0.2, 0.25) is 0 Å². The number of nitrogens with one attached hydrogen (secondary N) is 1. The standard InChI is InChI=1S/C23H31N3O3/c1-27-21-12-11-17(15-22(21)28-2)16-26-23(24)25-13-6-14-29-20-10-5-8-18-7-3-4-9-19(18)20/h3-4,7,9,11-12,15,20H,5-6,8,10,13-14,16H2,1-2H3,(H3,24,25,26). The van der Waals surface area contributed by atoms with Gasteiger partial charge in [-0.2, -0.15) is 0 Å². The van der Waals surface area contributed by atoms with Gasteiger partial charge in [-0.05, 0) is 54.5 Å². The molecule has 0 aliphatic heterocycles. The maximum Gasteiger partial charge on any atom is 0.188 e. The van der Waals surface area contributed by atoms with E-state index in [-0.39, 0.29) is 6.10 Å². The number of nitrogens with two attached hydrogens (primary N) is 1. The van der Waals surface area contributed by atoms with Gasteiger partial charge in [0.25, 0.3) is 0 Å². The molecule has 0 heterocycles. The molecule has 1 aliphatic rings. The topological polar surface area (TPSA) is 78.1 Å². The third-order valence-electron chi connectivity index (χ3n) is 5.14. The van der Waals surface area contributed by atoms with E-state index in [4.69, 9.17) is 19.9 Å². The molecule has 0 aromatic heterocycles. The highest BCUT2D eigenvalue weighted by Crippen LogP contribution is 2.32. The summed E-state index contributed by atoms with van der Waals surface area (Å²) in [5.41, 5.74) is 9.76. The van der Waals surface area contributed by atoms with Gasteiger partial charge in [0, 0.05) is 13.2 Å². The molecule has 156 valence electrons. The molecule has 0 spiro atoms. The summed E-state index contributed by atoms with van der Waals surface area (Å²) in [7, 11) is 3.24. The van der Waals surface area contributed by atoms with Crippen molar-refractivity contribution in [2.24, 2.45) is 10.7 Å². The van der Waals surface area contributed by atoms with Crippen molar-refractivity contribution in [2.45, 2.75) is 38.3 Å². The first-order valence-electron chi connectivity index (χ1n) is 10.2. The Labute approximate surface area is 173 Å². The molecule has 1 unspecified atom stereocenters. The zero-order valence-electron chi connectivity index (χ0n) is 17.3. The van der Waals surface area contributed by atoms with Crippen LogP contribution < -0.4 is 20.5 Å². The lowest BCUT2D eigenvalue weighted by molar-refractivity contribution is 0.0398. The summed E-state index contributed by atoms with van der Waals surface area (Å²) in [6, 6.07) is 14.3. The summed E-state index contributed by atoms with van der Waals surface area (Å²) >= 11 is 0. The molecule has 2 aromatic rings. The summed E-state index contributed by atoms with van der Waals surface area (Å²) in [6.45, 7) is 1.92. The number of guanidine groups is 1. The van der Waals surface area contributed by atoms with E-state index >= 15 is 0 Å². The van der Waals surface area contributed by atoms with Gasteiger partial charge >= 0.3 is 0 Å². The van der Waals surface area contributed by atoms with Crippen LogP contribution in [0.4, 0.5) is 0 Å². The van der Waals surface area contributed by atoms with Crippen LogP contribution in [0.1, 0.15) is 42.1 Å². The molecule has 2 aromatic carbocycles. The van der Waals surface area contributed by atoms with E-state index in [9.17, 15) is 0 Å². The molecular weight excluding hydrogens is 366 g/mol. The van der Waals surface area contributed by atoms with Crippen molar-refractivity contribution in [3.8, 4) is 11.5 Å². The molecule has 0 amide bonds. The lowest BCUT2D eigenvalue weighted by Gasteiger charge is -2.25. The molecule has 3 rings (SSSR count). The Morgan fingerprint density at radius 2 is 1.97 bits per heavy atom. The minimum absolute atomic E-state index is 0.219. The summed E-state index contributed by atoms with van der Waals surface area (Å²) in [5, 5.41) is 3.15. The number of ether oxygens (including phenoxy) is 3. The maximum atomic E-state index is 6.12. The van der Waals surface area contributed by atoms with Crippen molar-refractivity contribution in [1.82, 2.24) is 5.32 Å². The van der Waals surface area contributed by atoms with Crippen LogP contribution in [-0.2, 0) is 17.7 Å². The Hall–Kier alpha value is -2.73. The van der Waals surface area contributed by atoms with Crippen LogP contribution in [0.15, 0.2) is 47.5 Å². The first-order valence-corrected chi connectivity index (χ1v) is 10.2. The minimum Gasteiger partial charge on any atom is -0.493 e. The Balaban J connectivity index is 1.39.